The average molecular weight is 188 g/mol. The molecule has 0 bridgehead atoms. The van der Waals surface area contributed by atoms with Gasteiger partial charge < -0.3 is 9.84 Å². The summed E-state index contributed by atoms with van der Waals surface area (Å²) in [7, 11) is 1.73. The SMILES string of the molecule is CCC(C)(O)CC(CC)(CC)OC. The normalized spacial score (nSPS) is 17.1. The van der Waals surface area contributed by atoms with Gasteiger partial charge in [0.2, 0.25) is 0 Å². The summed E-state index contributed by atoms with van der Waals surface area (Å²) in [6.07, 6.45) is 3.41. The molecule has 13 heavy (non-hydrogen) atoms. The minimum Gasteiger partial charge on any atom is -0.390 e. The van der Waals surface area contributed by atoms with Crippen LogP contribution in [0.3, 0.4) is 0 Å². The Morgan fingerprint density at radius 1 is 1.08 bits per heavy atom. The number of methoxy groups -OCH3 is 1. The maximum absolute atomic E-state index is 9.97. The molecule has 0 fully saturated rings. The van der Waals surface area contributed by atoms with Gasteiger partial charge in [-0.3, -0.25) is 0 Å². The molecule has 1 atom stereocenters. The summed E-state index contributed by atoms with van der Waals surface area (Å²) >= 11 is 0. The lowest BCUT2D eigenvalue weighted by Crippen LogP contribution is -2.40. The van der Waals surface area contributed by atoms with E-state index in [0.717, 1.165) is 25.7 Å². The van der Waals surface area contributed by atoms with Crippen molar-refractivity contribution in [3.63, 3.8) is 0 Å². The van der Waals surface area contributed by atoms with Crippen LogP contribution in [0.2, 0.25) is 0 Å². The molecule has 0 aliphatic carbocycles. The molecule has 2 heteroatoms. The molecule has 0 heterocycles. The quantitative estimate of drug-likeness (QED) is 0.694. The molecule has 0 saturated heterocycles. The molecule has 2 nitrogen and oxygen atoms in total. The fourth-order valence-electron chi connectivity index (χ4n) is 1.68. The molecule has 0 aromatic carbocycles. The van der Waals surface area contributed by atoms with Crippen molar-refractivity contribution in [1.82, 2.24) is 0 Å². The molecule has 0 aliphatic heterocycles. The Kier molecular flexibility index (Phi) is 4.93. The molecule has 1 unspecified atom stereocenters. The van der Waals surface area contributed by atoms with Gasteiger partial charge >= 0.3 is 0 Å². The summed E-state index contributed by atoms with van der Waals surface area (Å²) in [4.78, 5) is 0. The van der Waals surface area contributed by atoms with E-state index in [4.69, 9.17) is 4.74 Å². The van der Waals surface area contributed by atoms with E-state index in [1.54, 1.807) is 7.11 Å². The van der Waals surface area contributed by atoms with E-state index in [9.17, 15) is 5.11 Å². The number of ether oxygens (including phenoxy) is 1. The maximum Gasteiger partial charge on any atom is 0.0700 e. The molecule has 0 saturated carbocycles. The summed E-state index contributed by atoms with van der Waals surface area (Å²) in [5.74, 6) is 0. The topological polar surface area (TPSA) is 29.5 Å². The predicted molar refractivity (Wildman–Crippen MR) is 55.9 cm³/mol. The van der Waals surface area contributed by atoms with Crippen LogP contribution >= 0.6 is 0 Å². The minimum absolute atomic E-state index is 0.139. The van der Waals surface area contributed by atoms with Crippen molar-refractivity contribution in [3.8, 4) is 0 Å². The smallest absolute Gasteiger partial charge is 0.0700 e. The summed E-state index contributed by atoms with van der Waals surface area (Å²) in [6, 6.07) is 0. The van der Waals surface area contributed by atoms with Crippen LogP contribution in [0.1, 0.15) is 53.4 Å². The standard InChI is InChI=1S/C11H24O2/c1-6-10(4,12)9-11(7-2,8-3)13-5/h12H,6-9H2,1-5H3. The number of hydrogen-bond donors (Lipinski definition) is 1. The molecule has 0 aliphatic rings. The lowest BCUT2D eigenvalue weighted by Gasteiger charge is -2.36. The van der Waals surface area contributed by atoms with Crippen molar-refractivity contribution in [2.75, 3.05) is 7.11 Å². The van der Waals surface area contributed by atoms with E-state index in [1.807, 2.05) is 13.8 Å². The Labute approximate surface area is 82.3 Å². The van der Waals surface area contributed by atoms with E-state index in [-0.39, 0.29) is 5.60 Å². The number of hydrogen-bond acceptors (Lipinski definition) is 2. The molecule has 0 rings (SSSR count). The largest absolute Gasteiger partial charge is 0.390 e. The first kappa shape index (κ1) is 12.9. The fourth-order valence-corrected chi connectivity index (χ4v) is 1.68. The zero-order valence-corrected chi connectivity index (χ0v) is 9.68. The fraction of sp³-hybridized carbons (Fsp3) is 1.00. The molecule has 80 valence electrons. The summed E-state index contributed by atoms with van der Waals surface area (Å²) in [5.41, 5.74) is -0.735. The Morgan fingerprint density at radius 3 is 1.77 bits per heavy atom. The molecule has 0 spiro atoms. The zero-order valence-electron chi connectivity index (χ0n) is 9.68. The molecular weight excluding hydrogens is 164 g/mol. The zero-order chi connectivity index (χ0) is 10.5. The molecular formula is C11H24O2. The number of rotatable bonds is 6. The first-order chi connectivity index (χ1) is 5.95. The van der Waals surface area contributed by atoms with Crippen LogP contribution < -0.4 is 0 Å². The van der Waals surface area contributed by atoms with Gasteiger partial charge in [-0.25, -0.2) is 0 Å². The Balaban J connectivity index is 4.41. The highest BCUT2D eigenvalue weighted by molar-refractivity contribution is 4.86. The van der Waals surface area contributed by atoms with Gasteiger partial charge in [-0.2, -0.15) is 0 Å². The van der Waals surface area contributed by atoms with Crippen LogP contribution in [0.4, 0.5) is 0 Å². The van der Waals surface area contributed by atoms with Gasteiger partial charge in [0.15, 0.2) is 0 Å². The third-order valence-corrected chi connectivity index (χ3v) is 3.19. The van der Waals surface area contributed by atoms with Gasteiger partial charge in [0.1, 0.15) is 0 Å². The van der Waals surface area contributed by atoms with Crippen LogP contribution in [-0.2, 0) is 4.74 Å². The third-order valence-electron chi connectivity index (χ3n) is 3.19. The van der Waals surface area contributed by atoms with Gasteiger partial charge in [0.05, 0.1) is 11.2 Å². The van der Waals surface area contributed by atoms with Gasteiger partial charge in [-0.1, -0.05) is 20.8 Å². The van der Waals surface area contributed by atoms with Gasteiger partial charge in [0, 0.05) is 13.5 Å². The maximum atomic E-state index is 9.97. The van der Waals surface area contributed by atoms with Crippen molar-refractivity contribution < 1.29 is 9.84 Å². The van der Waals surface area contributed by atoms with Gasteiger partial charge in [-0.15, -0.1) is 0 Å². The van der Waals surface area contributed by atoms with Crippen LogP contribution in [0.25, 0.3) is 0 Å². The van der Waals surface area contributed by atoms with Crippen molar-refractivity contribution >= 4 is 0 Å². The first-order valence-corrected chi connectivity index (χ1v) is 5.23. The van der Waals surface area contributed by atoms with E-state index in [1.165, 1.54) is 0 Å². The highest BCUT2D eigenvalue weighted by Crippen LogP contribution is 2.31. The molecule has 0 aromatic heterocycles. The number of aliphatic hydroxyl groups is 1. The second-order valence-corrected chi connectivity index (χ2v) is 4.12. The third kappa shape index (κ3) is 3.65. The molecule has 0 aromatic rings. The summed E-state index contributed by atoms with van der Waals surface area (Å²) < 4.78 is 5.51. The van der Waals surface area contributed by atoms with Crippen molar-refractivity contribution in [3.05, 3.63) is 0 Å². The summed E-state index contributed by atoms with van der Waals surface area (Å²) in [6.45, 7) is 8.11. The second-order valence-electron chi connectivity index (χ2n) is 4.12. The first-order valence-electron chi connectivity index (χ1n) is 5.23. The van der Waals surface area contributed by atoms with Crippen molar-refractivity contribution in [2.24, 2.45) is 0 Å². The monoisotopic (exact) mass is 188 g/mol. The second kappa shape index (κ2) is 4.97. The van der Waals surface area contributed by atoms with Crippen LogP contribution in [-0.4, -0.2) is 23.4 Å². The van der Waals surface area contributed by atoms with Crippen LogP contribution in [0.5, 0.6) is 0 Å². The highest BCUT2D eigenvalue weighted by atomic mass is 16.5. The summed E-state index contributed by atoms with van der Waals surface area (Å²) in [5, 5.41) is 9.97. The van der Waals surface area contributed by atoms with E-state index in [2.05, 4.69) is 13.8 Å². The Morgan fingerprint density at radius 2 is 1.54 bits per heavy atom. The lowest BCUT2D eigenvalue weighted by molar-refractivity contribution is -0.0849. The van der Waals surface area contributed by atoms with Gasteiger partial charge in [0.25, 0.3) is 0 Å². The average Bonchev–Trinajstić information content (AvgIpc) is 2.14. The predicted octanol–water partition coefficient (Wildman–Crippen LogP) is 2.74. The molecule has 0 radical (unpaired) electrons. The van der Waals surface area contributed by atoms with E-state index >= 15 is 0 Å². The van der Waals surface area contributed by atoms with E-state index < -0.39 is 5.60 Å². The van der Waals surface area contributed by atoms with Crippen LogP contribution in [0.15, 0.2) is 0 Å². The highest BCUT2D eigenvalue weighted by Gasteiger charge is 2.33. The molecule has 1 N–H and O–H groups in total. The Hall–Kier alpha value is -0.0800. The minimum atomic E-state index is -0.595. The lowest BCUT2D eigenvalue weighted by atomic mass is 9.83. The Bertz CT molecular complexity index is 129. The van der Waals surface area contributed by atoms with Crippen molar-refractivity contribution in [2.45, 2.75) is 64.6 Å². The van der Waals surface area contributed by atoms with Crippen molar-refractivity contribution in [1.29, 1.82) is 0 Å². The van der Waals surface area contributed by atoms with Crippen LogP contribution in [0, 0.1) is 0 Å². The van der Waals surface area contributed by atoms with Gasteiger partial charge in [-0.05, 0) is 26.2 Å². The van der Waals surface area contributed by atoms with E-state index in [0.29, 0.717) is 0 Å². The molecule has 0 amide bonds.